The molecule has 0 radical (unpaired) electrons. The zero-order valence-electron chi connectivity index (χ0n) is 8.46. The second-order valence-electron chi connectivity index (χ2n) is 2.36. The van der Waals surface area contributed by atoms with Gasteiger partial charge >= 0.3 is 0 Å². The average molecular weight is 212 g/mol. The minimum Gasteiger partial charge on any atom is -0.296 e. The zero-order chi connectivity index (χ0) is 9.45. The summed E-state index contributed by atoms with van der Waals surface area (Å²) in [4.78, 5) is 0. The Morgan fingerprint density at radius 2 is 1.83 bits per heavy atom. The molecule has 5 heteroatoms. The summed E-state index contributed by atoms with van der Waals surface area (Å²) in [5, 5.41) is 0. The fourth-order valence-corrected chi connectivity index (χ4v) is 3.54. The molecule has 0 N–H and O–H groups in total. The van der Waals surface area contributed by atoms with Gasteiger partial charge in [0, 0.05) is 16.0 Å². The predicted octanol–water partition coefficient (Wildman–Crippen LogP) is 1.04. The first-order chi connectivity index (χ1) is 5.74. The fourth-order valence-electron chi connectivity index (χ4n) is 0.891. The van der Waals surface area contributed by atoms with Crippen molar-refractivity contribution in [1.29, 1.82) is 0 Å². The molecule has 0 bridgehead atoms. The molecule has 0 aliphatic carbocycles. The first-order valence-corrected chi connectivity index (χ1v) is 7.30. The van der Waals surface area contributed by atoms with Crippen molar-refractivity contribution < 1.29 is 12.5 Å². The van der Waals surface area contributed by atoms with Crippen molar-refractivity contribution >= 4 is 21.1 Å². The molecule has 0 saturated heterocycles. The van der Waals surface area contributed by atoms with Crippen molar-refractivity contribution in [1.82, 2.24) is 0 Å². The highest BCUT2D eigenvalue weighted by Crippen LogP contribution is 2.50. The summed E-state index contributed by atoms with van der Waals surface area (Å²) < 4.78 is 16.1. The molecule has 0 atom stereocenters. The average Bonchev–Trinajstić information content (AvgIpc) is 2.13. The van der Waals surface area contributed by atoms with Gasteiger partial charge in [-0.05, 0) is 13.3 Å². The van der Waals surface area contributed by atoms with E-state index >= 15 is 0 Å². The Kier molecular flexibility index (Phi) is 7.17. The Morgan fingerprint density at radius 3 is 2.17 bits per heavy atom. The summed E-state index contributed by atoms with van der Waals surface area (Å²) in [7, 11) is 2.88. The summed E-state index contributed by atoms with van der Waals surface area (Å²) in [6, 6.07) is 1.27. The van der Waals surface area contributed by atoms with Crippen molar-refractivity contribution in [2.24, 2.45) is 0 Å². The van der Waals surface area contributed by atoms with Crippen LogP contribution in [0.25, 0.3) is 0 Å². The van der Waals surface area contributed by atoms with Crippen molar-refractivity contribution in [3.63, 3.8) is 0 Å². The summed E-state index contributed by atoms with van der Waals surface area (Å²) in [5.41, 5.74) is 0. The standard InChI is InChI=1S/C7H20O3SSi/c1-4-10-11(8-2,9-3)6-5-7-12/h4-7H2,1-3,12H3. The largest absolute Gasteiger partial charge is 0.296 e. The third-order valence-electron chi connectivity index (χ3n) is 1.55. The highest BCUT2D eigenvalue weighted by Gasteiger charge is 2.22. The van der Waals surface area contributed by atoms with Crippen LogP contribution in [-0.2, 0) is 12.5 Å². The maximum absolute atomic E-state index is 5.48. The maximum atomic E-state index is 5.48. The van der Waals surface area contributed by atoms with E-state index in [1.807, 2.05) is 6.92 Å². The van der Waals surface area contributed by atoms with E-state index in [-0.39, 0.29) is 0 Å². The normalized spacial score (nSPS) is 13.6. The molecule has 76 valence electrons. The van der Waals surface area contributed by atoms with Crippen LogP contribution < -0.4 is 0 Å². The van der Waals surface area contributed by atoms with Crippen LogP contribution in [0.1, 0.15) is 13.3 Å². The Morgan fingerprint density at radius 1 is 1.25 bits per heavy atom. The molecule has 0 aliphatic rings. The lowest BCUT2D eigenvalue weighted by atomic mass is 10.6. The Bertz CT molecular complexity index is 109. The number of rotatable bonds is 7. The Balaban J connectivity index is 3.95. The SMILES string of the molecule is CCOS(CCC[SiH3])(OC)OC. The molecular formula is C7H20O3SSi. The van der Waals surface area contributed by atoms with Crippen molar-refractivity contribution in [2.75, 3.05) is 26.6 Å². The van der Waals surface area contributed by atoms with Crippen LogP contribution >= 0.6 is 10.9 Å². The van der Waals surface area contributed by atoms with E-state index < -0.39 is 10.9 Å². The molecule has 3 nitrogen and oxygen atoms in total. The van der Waals surface area contributed by atoms with E-state index in [9.17, 15) is 0 Å². The molecule has 0 aromatic heterocycles. The lowest BCUT2D eigenvalue weighted by Gasteiger charge is -2.34. The molecule has 0 rings (SSSR count). The second kappa shape index (κ2) is 6.91. The van der Waals surface area contributed by atoms with E-state index in [1.165, 1.54) is 16.3 Å². The fraction of sp³-hybridized carbons (Fsp3) is 1.00. The molecule has 0 heterocycles. The van der Waals surface area contributed by atoms with Crippen LogP contribution in [0.5, 0.6) is 0 Å². The third kappa shape index (κ3) is 3.91. The molecule has 0 saturated carbocycles. The highest BCUT2D eigenvalue weighted by atomic mass is 32.3. The predicted molar refractivity (Wildman–Crippen MR) is 57.5 cm³/mol. The minimum atomic E-state index is -1.66. The first kappa shape index (κ1) is 12.4. The van der Waals surface area contributed by atoms with Crippen LogP contribution in [0.4, 0.5) is 0 Å². The highest BCUT2D eigenvalue weighted by molar-refractivity contribution is 8.21. The van der Waals surface area contributed by atoms with Crippen LogP contribution in [-0.4, -0.2) is 36.8 Å². The van der Waals surface area contributed by atoms with Gasteiger partial charge in [-0.3, -0.25) is 12.5 Å². The summed E-state index contributed by atoms with van der Waals surface area (Å²) in [5.74, 6) is 0.900. The van der Waals surface area contributed by atoms with E-state index in [1.54, 1.807) is 14.2 Å². The number of hydrogen-bond donors (Lipinski definition) is 0. The lowest BCUT2D eigenvalue weighted by molar-refractivity contribution is 0.223. The van der Waals surface area contributed by atoms with Gasteiger partial charge in [-0.15, -0.1) is 0 Å². The zero-order valence-corrected chi connectivity index (χ0v) is 11.3. The molecule has 0 aromatic rings. The molecule has 0 fully saturated rings. The monoisotopic (exact) mass is 212 g/mol. The van der Waals surface area contributed by atoms with Crippen LogP contribution in [0.2, 0.25) is 6.04 Å². The minimum absolute atomic E-state index is 0.651. The molecule has 0 unspecified atom stereocenters. The molecular weight excluding hydrogens is 192 g/mol. The van der Waals surface area contributed by atoms with Crippen LogP contribution in [0, 0.1) is 0 Å². The Labute approximate surface area is 80.1 Å². The summed E-state index contributed by atoms with van der Waals surface area (Å²) in [6.07, 6.45) is 1.14. The lowest BCUT2D eigenvalue weighted by Crippen LogP contribution is -2.12. The molecule has 12 heavy (non-hydrogen) atoms. The second-order valence-corrected chi connectivity index (χ2v) is 5.78. The molecule has 0 amide bonds. The quantitative estimate of drug-likeness (QED) is 0.590. The smallest absolute Gasteiger partial charge is 0.0881 e. The molecule has 0 spiro atoms. The van der Waals surface area contributed by atoms with Gasteiger partial charge in [-0.1, -0.05) is 6.04 Å². The van der Waals surface area contributed by atoms with E-state index in [2.05, 4.69) is 0 Å². The van der Waals surface area contributed by atoms with Crippen molar-refractivity contribution in [3.05, 3.63) is 0 Å². The van der Waals surface area contributed by atoms with Gasteiger partial charge in [0.2, 0.25) is 0 Å². The van der Waals surface area contributed by atoms with Gasteiger partial charge in [0.05, 0.1) is 31.7 Å². The maximum Gasteiger partial charge on any atom is 0.0881 e. The van der Waals surface area contributed by atoms with E-state index in [0.717, 1.165) is 12.2 Å². The topological polar surface area (TPSA) is 27.7 Å². The number of hydrogen-bond acceptors (Lipinski definition) is 3. The molecule has 0 aromatic carbocycles. The van der Waals surface area contributed by atoms with Gasteiger partial charge in [0.25, 0.3) is 0 Å². The third-order valence-corrected chi connectivity index (χ3v) is 4.66. The molecule has 0 aliphatic heterocycles. The van der Waals surface area contributed by atoms with Gasteiger partial charge < -0.3 is 0 Å². The van der Waals surface area contributed by atoms with Gasteiger partial charge in [0.1, 0.15) is 0 Å². The summed E-state index contributed by atoms with van der Waals surface area (Å²) in [6.45, 7) is 2.61. The van der Waals surface area contributed by atoms with E-state index in [0.29, 0.717) is 6.61 Å². The van der Waals surface area contributed by atoms with Crippen LogP contribution in [0.3, 0.4) is 0 Å². The summed E-state index contributed by atoms with van der Waals surface area (Å²) >= 11 is 0. The van der Waals surface area contributed by atoms with Crippen molar-refractivity contribution in [3.8, 4) is 0 Å². The van der Waals surface area contributed by atoms with E-state index in [4.69, 9.17) is 12.5 Å². The first-order valence-electron chi connectivity index (χ1n) is 4.31. The van der Waals surface area contributed by atoms with Gasteiger partial charge in [-0.25, -0.2) is 0 Å². The van der Waals surface area contributed by atoms with Crippen molar-refractivity contribution in [2.45, 2.75) is 19.4 Å². The van der Waals surface area contributed by atoms with Crippen LogP contribution in [0.15, 0.2) is 0 Å². The van der Waals surface area contributed by atoms with Gasteiger partial charge in [-0.2, -0.15) is 0 Å². The Hall–Kier alpha value is 0.447. The van der Waals surface area contributed by atoms with Gasteiger partial charge in [0.15, 0.2) is 0 Å².